The molecule has 2 atom stereocenters. The Morgan fingerprint density at radius 3 is 1.58 bits per heavy atom. The molecule has 0 aliphatic rings. The summed E-state index contributed by atoms with van der Waals surface area (Å²) in [7, 11) is -3.39. The largest absolute Gasteiger partial charge is 0.416 e. The number of imidazole rings is 2. The Kier molecular flexibility index (Phi) is 10.3. The zero-order chi connectivity index (χ0) is 40.5. The zero-order valence-corrected chi connectivity index (χ0v) is 31.4. The molecule has 17 heteroatoms. The highest BCUT2D eigenvalue weighted by Gasteiger charge is 2.30. The summed E-state index contributed by atoms with van der Waals surface area (Å²) in [5.41, 5.74) is 4.52. The van der Waals surface area contributed by atoms with E-state index in [1.807, 2.05) is 74.5 Å². The van der Waals surface area contributed by atoms with Crippen LogP contribution in [0, 0.1) is 0 Å². The van der Waals surface area contributed by atoms with Crippen LogP contribution in [0.15, 0.2) is 131 Å². The molecule has 2 unspecified atom stereocenters. The minimum Gasteiger partial charge on any atom is -0.289 e. The predicted molar refractivity (Wildman–Crippen MR) is 211 cm³/mol. The lowest BCUT2D eigenvalue weighted by atomic mass is 10.1. The van der Waals surface area contributed by atoms with Gasteiger partial charge < -0.3 is 0 Å². The number of fused-ring (bicyclic) bond motifs is 2. The van der Waals surface area contributed by atoms with Crippen LogP contribution in [-0.2, 0) is 16.2 Å². The summed E-state index contributed by atoms with van der Waals surface area (Å²) in [5.74, 6) is 0. The second kappa shape index (κ2) is 15.3. The number of sulfonamides is 1. The quantitative estimate of drug-likeness (QED) is 0.145. The average molecular weight is 794 g/mol. The Hall–Kier alpha value is -6.88. The standard InChI is InChI=1S/C20H15F3N4O.C20H19N5O3S/c1-12(13-5-3-2-4-6-13)27-18-17(26-19(27)28)24-11-16(25-18)14-7-9-15(10-8-14)20(21,22)23;1-13(14-7-4-3-5-8-14)25-19-18(23-20(25)26)21-12-17(22-19)15-9-6-10-16(11-15)24-29(2,27)28/h2-12H,1H3,(H,24,26,28);3-13,24H,1-2H3,(H,21,23,26). The maximum Gasteiger partial charge on any atom is 0.416 e. The summed E-state index contributed by atoms with van der Waals surface area (Å²) < 4.78 is 66.8. The smallest absolute Gasteiger partial charge is 0.289 e. The summed E-state index contributed by atoms with van der Waals surface area (Å²) in [6.07, 6.45) is -0.330. The van der Waals surface area contributed by atoms with Gasteiger partial charge in [0.15, 0.2) is 22.6 Å². The van der Waals surface area contributed by atoms with Gasteiger partial charge in [0.05, 0.1) is 47.7 Å². The number of anilines is 1. The second-order valence-electron chi connectivity index (χ2n) is 13.2. The van der Waals surface area contributed by atoms with Crippen molar-refractivity contribution in [3.63, 3.8) is 0 Å². The third-order valence-corrected chi connectivity index (χ3v) is 9.77. The first-order chi connectivity index (χ1) is 27.2. The van der Waals surface area contributed by atoms with E-state index in [-0.39, 0.29) is 23.5 Å². The molecule has 290 valence electrons. The molecule has 0 spiro atoms. The molecule has 0 saturated carbocycles. The van der Waals surface area contributed by atoms with Crippen molar-refractivity contribution in [1.82, 2.24) is 39.0 Å². The van der Waals surface area contributed by atoms with Crippen LogP contribution in [0.2, 0.25) is 0 Å². The number of aromatic amines is 2. The lowest BCUT2D eigenvalue weighted by molar-refractivity contribution is -0.137. The van der Waals surface area contributed by atoms with E-state index in [1.54, 1.807) is 35.0 Å². The summed E-state index contributed by atoms with van der Waals surface area (Å²) in [6, 6.07) is 30.1. The van der Waals surface area contributed by atoms with E-state index in [9.17, 15) is 31.2 Å². The minimum absolute atomic E-state index is 0.236. The molecular weight excluding hydrogens is 760 g/mol. The van der Waals surface area contributed by atoms with Gasteiger partial charge >= 0.3 is 17.6 Å². The number of hydrogen-bond donors (Lipinski definition) is 3. The minimum atomic E-state index is -4.40. The van der Waals surface area contributed by atoms with Crippen molar-refractivity contribution in [3.05, 3.63) is 159 Å². The average Bonchev–Trinajstić information content (AvgIpc) is 3.71. The number of nitrogens with zero attached hydrogens (tertiary/aromatic N) is 6. The molecule has 4 aromatic heterocycles. The lowest BCUT2D eigenvalue weighted by Gasteiger charge is -2.13. The Balaban J connectivity index is 0.000000174. The van der Waals surface area contributed by atoms with Crippen molar-refractivity contribution in [2.24, 2.45) is 0 Å². The van der Waals surface area contributed by atoms with Gasteiger partial charge in [0.1, 0.15) is 0 Å². The highest BCUT2D eigenvalue weighted by Crippen LogP contribution is 2.31. The maximum atomic E-state index is 12.8. The van der Waals surface area contributed by atoms with E-state index in [4.69, 9.17) is 0 Å². The SMILES string of the molecule is CC(c1ccccc1)n1c(=O)[nH]c2ncc(-c3ccc(C(F)(F)F)cc3)nc21.CC(c1ccccc1)n1c(=O)[nH]c2ncc(-c3cccc(NS(C)(=O)=O)c3)nc21. The van der Waals surface area contributed by atoms with E-state index < -0.39 is 21.8 Å². The van der Waals surface area contributed by atoms with Crippen LogP contribution < -0.4 is 16.1 Å². The van der Waals surface area contributed by atoms with Crippen LogP contribution in [0.3, 0.4) is 0 Å². The first-order valence-corrected chi connectivity index (χ1v) is 19.4. The van der Waals surface area contributed by atoms with Crippen molar-refractivity contribution in [2.45, 2.75) is 32.1 Å². The molecular formula is C40H34F3N9O4S. The van der Waals surface area contributed by atoms with Gasteiger partial charge in [-0.2, -0.15) is 13.2 Å². The molecule has 0 amide bonds. The number of halogens is 3. The topological polar surface area (TPSA) is 173 Å². The number of nitrogens with one attached hydrogen (secondary N) is 3. The Labute approximate surface area is 323 Å². The molecule has 57 heavy (non-hydrogen) atoms. The van der Waals surface area contributed by atoms with Gasteiger partial charge in [-0.15, -0.1) is 0 Å². The first-order valence-electron chi connectivity index (χ1n) is 17.5. The van der Waals surface area contributed by atoms with Crippen molar-refractivity contribution in [1.29, 1.82) is 0 Å². The third kappa shape index (κ3) is 8.37. The molecule has 8 aromatic rings. The number of aromatic nitrogens is 8. The van der Waals surface area contributed by atoms with E-state index in [2.05, 4.69) is 34.6 Å². The molecule has 0 saturated heterocycles. The van der Waals surface area contributed by atoms with Crippen LogP contribution >= 0.6 is 0 Å². The molecule has 0 bridgehead atoms. The van der Waals surface area contributed by atoms with Crippen molar-refractivity contribution >= 4 is 38.3 Å². The van der Waals surface area contributed by atoms with E-state index in [1.165, 1.54) is 22.9 Å². The summed E-state index contributed by atoms with van der Waals surface area (Å²) in [5, 5.41) is 0. The highest BCUT2D eigenvalue weighted by molar-refractivity contribution is 7.92. The fraction of sp³-hybridized carbons (Fsp3) is 0.150. The van der Waals surface area contributed by atoms with Crippen LogP contribution in [0.25, 0.3) is 45.1 Å². The number of alkyl halides is 3. The fourth-order valence-corrected chi connectivity index (χ4v) is 6.89. The predicted octanol–water partition coefficient (Wildman–Crippen LogP) is 7.18. The second-order valence-corrected chi connectivity index (χ2v) is 14.9. The monoisotopic (exact) mass is 793 g/mol. The van der Waals surface area contributed by atoms with Crippen molar-refractivity contribution in [3.8, 4) is 22.5 Å². The van der Waals surface area contributed by atoms with E-state index in [0.717, 1.165) is 29.5 Å². The number of rotatable bonds is 8. The zero-order valence-electron chi connectivity index (χ0n) is 30.6. The third-order valence-electron chi connectivity index (χ3n) is 9.16. The van der Waals surface area contributed by atoms with Crippen molar-refractivity contribution < 1.29 is 21.6 Å². The summed E-state index contributed by atoms with van der Waals surface area (Å²) in [4.78, 5) is 48.1. The number of benzene rings is 4. The molecule has 4 aromatic carbocycles. The normalized spacial score (nSPS) is 12.9. The van der Waals surface area contributed by atoms with Gasteiger partial charge in [0.25, 0.3) is 0 Å². The van der Waals surface area contributed by atoms with Crippen LogP contribution in [0.5, 0.6) is 0 Å². The van der Waals surface area contributed by atoms with Crippen LogP contribution in [0.4, 0.5) is 18.9 Å². The van der Waals surface area contributed by atoms with Crippen LogP contribution in [0.1, 0.15) is 42.6 Å². The molecule has 0 fully saturated rings. The van der Waals surface area contributed by atoms with Gasteiger partial charge in [-0.25, -0.2) is 37.9 Å². The fourth-order valence-electron chi connectivity index (χ4n) is 6.33. The van der Waals surface area contributed by atoms with Gasteiger partial charge in [-0.05, 0) is 49.2 Å². The maximum absolute atomic E-state index is 12.8. The molecule has 3 N–H and O–H groups in total. The molecule has 4 heterocycles. The van der Waals surface area contributed by atoms with E-state index >= 15 is 0 Å². The molecule has 0 aliphatic carbocycles. The molecule has 0 radical (unpaired) electrons. The number of H-pyrrole nitrogens is 2. The summed E-state index contributed by atoms with van der Waals surface area (Å²) >= 11 is 0. The summed E-state index contributed by atoms with van der Waals surface area (Å²) in [6.45, 7) is 3.80. The first kappa shape index (κ1) is 38.4. The highest BCUT2D eigenvalue weighted by atomic mass is 32.2. The van der Waals surface area contributed by atoms with Gasteiger partial charge in [-0.1, -0.05) is 84.9 Å². The Morgan fingerprint density at radius 2 is 1.12 bits per heavy atom. The van der Waals surface area contributed by atoms with Crippen LogP contribution in [-0.4, -0.2) is 53.7 Å². The lowest BCUT2D eigenvalue weighted by Crippen LogP contribution is -2.21. The molecule has 0 aliphatic heterocycles. The molecule has 8 rings (SSSR count). The van der Waals surface area contributed by atoms with Gasteiger partial charge in [-0.3, -0.25) is 23.8 Å². The van der Waals surface area contributed by atoms with Gasteiger partial charge in [0, 0.05) is 16.8 Å². The Bertz CT molecular complexity index is 2930. The Morgan fingerprint density at radius 1 is 0.649 bits per heavy atom. The molecule has 13 nitrogen and oxygen atoms in total. The van der Waals surface area contributed by atoms with E-state index in [0.29, 0.717) is 50.8 Å². The van der Waals surface area contributed by atoms with Crippen molar-refractivity contribution in [2.75, 3.05) is 11.0 Å². The van der Waals surface area contributed by atoms with Gasteiger partial charge in [0.2, 0.25) is 10.0 Å². The number of hydrogen-bond acceptors (Lipinski definition) is 8.